The largest absolute Gasteiger partial charge is 0.385 e. The number of nitrogens with two attached hydrogens (primary N) is 1. The summed E-state index contributed by atoms with van der Waals surface area (Å²) in [4.78, 5) is 3.98. The second-order valence-corrected chi connectivity index (χ2v) is 3.60. The minimum atomic E-state index is -0.118. The number of hydrogen-bond acceptors (Lipinski definition) is 5. The van der Waals surface area contributed by atoms with Gasteiger partial charge in [-0.2, -0.15) is 0 Å². The van der Waals surface area contributed by atoms with E-state index in [1.165, 1.54) is 0 Å². The third-order valence-electron chi connectivity index (χ3n) is 2.44. The zero-order chi connectivity index (χ0) is 11.4. The van der Waals surface area contributed by atoms with Gasteiger partial charge in [0.2, 0.25) is 0 Å². The summed E-state index contributed by atoms with van der Waals surface area (Å²) in [6, 6.07) is -0.118. The maximum absolute atomic E-state index is 6.05. The molecule has 6 heteroatoms. The van der Waals surface area contributed by atoms with Crippen LogP contribution >= 0.6 is 0 Å². The average Bonchev–Trinajstić information content (AvgIpc) is 2.73. The lowest BCUT2D eigenvalue weighted by molar-refractivity contribution is 0.190. The van der Waals surface area contributed by atoms with Crippen molar-refractivity contribution < 1.29 is 4.74 Å². The van der Waals surface area contributed by atoms with E-state index in [-0.39, 0.29) is 6.04 Å². The van der Waals surface area contributed by atoms with Gasteiger partial charge < -0.3 is 10.5 Å². The van der Waals surface area contributed by atoms with E-state index in [9.17, 15) is 0 Å². The van der Waals surface area contributed by atoms with Crippen LogP contribution in [0, 0.1) is 0 Å². The predicted molar refractivity (Wildman–Crippen MR) is 58.8 cm³/mol. The topological polar surface area (TPSA) is 78.3 Å². The summed E-state index contributed by atoms with van der Waals surface area (Å²) in [7, 11) is 1.68. The van der Waals surface area contributed by atoms with Gasteiger partial charge in [0.25, 0.3) is 0 Å². The van der Waals surface area contributed by atoms with Crippen LogP contribution in [0.4, 0.5) is 0 Å². The summed E-state index contributed by atoms with van der Waals surface area (Å²) in [5.74, 6) is 0.772. The molecule has 0 radical (unpaired) electrons. The molecule has 0 aliphatic rings. The Morgan fingerprint density at radius 3 is 3.19 bits per heavy atom. The molecule has 0 amide bonds. The first-order valence-corrected chi connectivity index (χ1v) is 5.22. The van der Waals surface area contributed by atoms with Gasteiger partial charge in [0, 0.05) is 26.1 Å². The average molecular weight is 221 g/mol. The molecule has 16 heavy (non-hydrogen) atoms. The van der Waals surface area contributed by atoms with E-state index in [0.29, 0.717) is 6.61 Å². The Kier molecular flexibility index (Phi) is 3.43. The van der Waals surface area contributed by atoms with E-state index in [4.69, 9.17) is 10.5 Å². The van der Waals surface area contributed by atoms with E-state index in [2.05, 4.69) is 15.2 Å². The van der Waals surface area contributed by atoms with Crippen molar-refractivity contribution in [1.29, 1.82) is 0 Å². The minimum Gasteiger partial charge on any atom is -0.385 e. The number of rotatable bonds is 5. The van der Waals surface area contributed by atoms with Crippen molar-refractivity contribution in [3.05, 3.63) is 24.4 Å². The first-order valence-electron chi connectivity index (χ1n) is 5.22. The summed E-state index contributed by atoms with van der Waals surface area (Å²) in [5, 5.41) is 8.09. The van der Waals surface area contributed by atoms with Crippen molar-refractivity contribution in [3.63, 3.8) is 0 Å². The van der Waals surface area contributed by atoms with Crippen LogP contribution in [0.5, 0.6) is 0 Å². The number of nitrogens with zero attached hydrogens (tertiary/aromatic N) is 4. The number of ether oxygens (including phenoxy) is 1. The van der Waals surface area contributed by atoms with E-state index < -0.39 is 0 Å². The summed E-state index contributed by atoms with van der Waals surface area (Å²) in [6.45, 7) is 0.714. The molecule has 0 spiro atoms. The van der Waals surface area contributed by atoms with Gasteiger partial charge in [-0.25, -0.2) is 0 Å². The first kappa shape index (κ1) is 11.0. The monoisotopic (exact) mass is 221 g/mol. The summed E-state index contributed by atoms with van der Waals surface area (Å²) < 4.78 is 6.85. The SMILES string of the molecule is COCCCC(N)c1nnc2cnccn12. The van der Waals surface area contributed by atoms with Crippen molar-refractivity contribution in [2.24, 2.45) is 5.73 Å². The highest BCUT2D eigenvalue weighted by atomic mass is 16.5. The van der Waals surface area contributed by atoms with Crippen LogP contribution in [0.25, 0.3) is 5.65 Å². The molecule has 1 unspecified atom stereocenters. The minimum absolute atomic E-state index is 0.118. The quantitative estimate of drug-likeness (QED) is 0.746. The Hall–Kier alpha value is -1.53. The predicted octanol–water partition coefficient (Wildman–Crippen LogP) is 0.551. The molecule has 2 aromatic rings. The van der Waals surface area contributed by atoms with Crippen molar-refractivity contribution in [2.45, 2.75) is 18.9 Å². The van der Waals surface area contributed by atoms with Crippen LogP contribution in [0.15, 0.2) is 18.6 Å². The van der Waals surface area contributed by atoms with E-state index >= 15 is 0 Å². The molecule has 0 aromatic carbocycles. The molecule has 2 heterocycles. The van der Waals surface area contributed by atoms with Crippen LogP contribution < -0.4 is 5.73 Å². The number of hydrogen-bond donors (Lipinski definition) is 1. The van der Waals surface area contributed by atoms with Gasteiger partial charge in [-0.05, 0) is 12.8 Å². The molecule has 0 aliphatic heterocycles. The third kappa shape index (κ3) is 2.17. The van der Waals surface area contributed by atoms with E-state index in [0.717, 1.165) is 24.3 Å². The van der Waals surface area contributed by atoms with Crippen LogP contribution in [0.1, 0.15) is 24.7 Å². The summed E-state index contributed by atoms with van der Waals surface area (Å²) in [6.07, 6.45) is 6.93. The van der Waals surface area contributed by atoms with Crippen molar-refractivity contribution in [1.82, 2.24) is 19.6 Å². The Morgan fingerprint density at radius 1 is 1.50 bits per heavy atom. The lowest BCUT2D eigenvalue weighted by Crippen LogP contribution is -2.14. The lowest BCUT2D eigenvalue weighted by atomic mass is 10.1. The van der Waals surface area contributed by atoms with Gasteiger partial charge in [-0.1, -0.05) is 0 Å². The van der Waals surface area contributed by atoms with Crippen LogP contribution in [0.2, 0.25) is 0 Å². The van der Waals surface area contributed by atoms with Crippen LogP contribution in [0.3, 0.4) is 0 Å². The van der Waals surface area contributed by atoms with Crippen LogP contribution in [-0.2, 0) is 4.74 Å². The molecule has 0 saturated carbocycles. The highest BCUT2D eigenvalue weighted by Gasteiger charge is 2.13. The van der Waals surface area contributed by atoms with Crippen LogP contribution in [-0.4, -0.2) is 33.3 Å². The molecular formula is C10H15N5O. The smallest absolute Gasteiger partial charge is 0.179 e. The Morgan fingerprint density at radius 2 is 2.38 bits per heavy atom. The van der Waals surface area contributed by atoms with Gasteiger partial charge in [0.15, 0.2) is 11.5 Å². The molecule has 0 saturated heterocycles. The number of aromatic nitrogens is 4. The maximum Gasteiger partial charge on any atom is 0.179 e. The van der Waals surface area contributed by atoms with Gasteiger partial charge in [0.1, 0.15) is 0 Å². The zero-order valence-electron chi connectivity index (χ0n) is 9.21. The summed E-state index contributed by atoms with van der Waals surface area (Å²) >= 11 is 0. The maximum atomic E-state index is 6.05. The van der Waals surface area contributed by atoms with Crippen molar-refractivity contribution in [2.75, 3.05) is 13.7 Å². The third-order valence-corrected chi connectivity index (χ3v) is 2.44. The highest BCUT2D eigenvalue weighted by molar-refractivity contribution is 5.34. The zero-order valence-corrected chi connectivity index (χ0v) is 9.21. The molecule has 6 nitrogen and oxygen atoms in total. The normalized spacial score (nSPS) is 13.1. The molecule has 0 aliphatic carbocycles. The molecule has 2 rings (SSSR count). The Bertz CT molecular complexity index is 455. The molecular weight excluding hydrogens is 206 g/mol. The lowest BCUT2D eigenvalue weighted by Gasteiger charge is -2.08. The fraction of sp³-hybridized carbons (Fsp3) is 0.500. The number of methoxy groups -OCH3 is 1. The molecule has 1 atom stereocenters. The fourth-order valence-electron chi connectivity index (χ4n) is 1.60. The van der Waals surface area contributed by atoms with Gasteiger partial charge in [-0.3, -0.25) is 9.38 Å². The van der Waals surface area contributed by atoms with Crippen molar-refractivity contribution >= 4 is 5.65 Å². The molecule has 0 bridgehead atoms. The number of fused-ring (bicyclic) bond motifs is 1. The van der Waals surface area contributed by atoms with E-state index in [1.807, 2.05) is 10.6 Å². The second-order valence-electron chi connectivity index (χ2n) is 3.60. The van der Waals surface area contributed by atoms with Gasteiger partial charge in [-0.15, -0.1) is 10.2 Å². The standard InChI is InChI=1S/C10H15N5O/c1-16-6-2-3-8(11)10-14-13-9-7-12-4-5-15(9)10/h4-5,7-8H,2-3,6,11H2,1H3. The highest BCUT2D eigenvalue weighted by Crippen LogP contribution is 2.14. The van der Waals surface area contributed by atoms with Gasteiger partial charge in [0.05, 0.1) is 12.2 Å². The molecule has 2 N–H and O–H groups in total. The van der Waals surface area contributed by atoms with Crippen molar-refractivity contribution in [3.8, 4) is 0 Å². The Balaban J connectivity index is 2.13. The van der Waals surface area contributed by atoms with E-state index in [1.54, 1.807) is 19.5 Å². The first-order chi connectivity index (χ1) is 7.83. The second kappa shape index (κ2) is 5.00. The molecule has 0 fully saturated rings. The molecule has 2 aromatic heterocycles. The summed E-state index contributed by atoms with van der Waals surface area (Å²) in [5.41, 5.74) is 6.77. The fourth-order valence-corrected chi connectivity index (χ4v) is 1.60. The Labute approximate surface area is 93.5 Å². The van der Waals surface area contributed by atoms with Gasteiger partial charge >= 0.3 is 0 Å². The molecule has 86 valence electrons.